The number of alkyl halides is 2. The van der Waals surface area contributed by atoms with Gasteiger partial charge in [-0.05, 0) is 36.2 Å². The molecular formula is C25H32F3NO3. The number of amides is 1. The van der Waals surface area contributed by atoms with Crippen molar-refractivity contribution in [2.24, 2.45) is 0 Å². The Morgan fingerprint density at radius 2 is 1.78 bits per heavy atom. The number of halogens is 3. The summed E-state index contributed by atoms with van der Waals surface area (Å²) in [5.41, 5.74) is 0.869. The Bertz CT molecular complexity index is 785. The molecule has 0 bridgehead atoms. The van der Waals surface area contributed by atoms with Gasteiger partial charge in [-0.3, -0.25) is 0 Å². The Morgan fingerprint density at radius 1 is 1.16 bits per heavy atom. The van der Waals surface area contributed by atoms with Crippen molar-refractivity contribution >= 4 is 6.09 Å². The number of rotatable bonds is 7. The van der Waals surface area contributed by atoms with Crippen LogP contribution in [-0.2, 0) is 4.74 Å². The lowest BCUT2D eigenvalue weighted by Gasteiger charge is -2.36. The molecule has 1 fully saturated rings. The van der Waals surface area contributed by atoms with Crippen LogP contribution in [0.15, 0.2) is 67.3 Å². The van der Waals surface area contributed by atoms with Gasteiger partial charge >= 0.3 is 12.7 Å². The number of hydrogen-bond acceptors (Lipinski definition) is 3. The molecular weight excluding hydrogens is 419 g/mol. The maximum absolute atomic E-state index is 12.2. The number of hydrogen-bond donors (Lipinski definition) is 0. The number of carbonyl (C=O) groups excluding carboxylic acids is 1. The van der Waals surface area contributed by atoms with Gasteiger partial charge in [0.2, 0.25) is 0 Å². The average Bonchev–Trinajstić information content (AvgIpc) is 2.79. The first-order valence-electron chi connectivity index (χ1n) is 10.8. The first-order valence-corrected chi connectivity index (χ1v) is 10.8. The zero-order valence-electron chi connectivity index (χ0n) is 18.8. The average molecular weight is 452 g/mol. The van der Waals surface area contributed by atoms with E-state index in [1.54, 1.807) is 41.3 Å². The van der Waals surface area contributed by atoms with Gasteiger partial charge in [-0.15, -0.1) is 6.58 Å². The second kappa shape index (κ2) is 14.9. The summed E-state index contributed by atoms with van der Waals surface area (Å²) >= 11 is 0. The third-order valence-corrected chi connectivity index (χ3v) is 4.61. The normalized spacial score (nSPS) is 16.0. The highest BCUT2D eigenvalue weighted by molar-refractivity contribution is 5.69. The molecule has 32 heavy (non-hydrogen) atoms. The maximum Gasteiger partial charge on any atom is 0.410 e. The molecule has 1 heterocycles. The summed E-state index contributed by atoms with van der Waals surface area (Å²) < 4.78 is 46.0. The fraction of sp³-hybridized carbons (Fsp3) is 0.400. The molecule has 2 unspecified atom stereocenters. The molecule has 1 aliphatic rings. The van der Waals surface area contributed by atoms with E-state index in [-0.39, 0.29) is 29.8 Å². The number of ether oxygens (including phenoxy) is 2. The molecule has 4 nitrogen and oxygen atoms in total. The molecule has 2 atom stereocenters. The first kappa shape index (κ1) is 27.1. The Morgan fingerprint density at radius 3 is 2.22 bits per heavy atom. The second-order valence-electron chi connectivity index (χ2n) is 6.68. The van der Waals surface area contributed by atoms with Gasteiger partial charge in [-0.25, -0.2) is 9.18 Å². The minimum Gasteiger partial charge on any atom is -0.446 e. The summed E-state index contributed by atoms with van der Waals surface area (Å²) in [7, 11) is 0. The quantitative estimate of drug-likeness (QED) is 0.412. The van der Waals surface area contributed by atoms with Crippen molar-refractivity contribution in [2.75, 3.05) is 6.54 Å². The van der Waals surface area contributed by atoms with Gasteiger partial charge in [0.15, 0.2) is 0 Å². The highest BCUT2D eigenvalue weighted by Gasteiger charge is 2.31. The molecule has 0 aromatic heterocycles. The molecule has 0 spiro atoms. The highest BCUT2D eigenvalue weighted by atomic mass is 19.3. The summed E-state index contributed by atoms with van der Waals surface area (Å²) in [5, 5.41) is 0. The molecule has 2 aromatic rings. The Balaban J connectivity index is 0.000000477. The molecule has 3 rings (SSSR count). The fourth-order valence-electron chi connectivity index (χ4n) is 3.20. The summed E-state index contributed by atoms with van der Waals surface area (Å²) in [6.45, 7) is 7.38. The van der Waals surface area contributed by atoms with Crippen molar-refractivity contribution < 1.29 is 27.4 Å². The number of cyclic esters (lactones) is 1. The molecule has 1 amide bonds. The van der Waals surface area contributed by atoms with Gasteiger partial charge in [0.25, 0.3) is 0 Å². The molecule has 0 aliphatic carbocycles. The Kier molecular flexibility index (Phi) is 12.6. The second-order valence-corrected chi connectivity index (χ2v) is 6.68. The monoisotopic (exact) mass is 451 g/mol. The summed E-state index contributed by atoms with van der Waals surface area (Å²) in [6.07, 6.45) is 3.39. The van der Waals surface area contributed by atoms with Crippen molar-refractivity contribution in [3.05, 3.63) is 78.6 Å². The van der Waals surface area contributed by atoms with E-state index in [4.69, 9.17) is 4.74 Å². The van der Waals surface area contributed by atoms with E-state index in [0.29, 0.717) is 19.4 Å². The topological polar surface area (TPSA) is 38.8 Å². The van der Waals surface area contributed by atoms with Gasteiger partial charge in [-0.1, -0.05) is 57.2 Å². The first-order chi connectivity index (χ1) is 15.4. The van der Waals surface area contributed by atoms with Crippen molar-refractivity contribution in [1.29, 1.82) is 0 Å². The van der Waals surface area contributed by atoms with Crippen LogP contribution in [-0.4, -0.2) is 30.3 Å². The minimum atomic E-state index is -2.85. The predicted octanol–water partition coefficient (Wildman–Crippen LogP) is 7.38. The molecule has 0 N–H and O–H groups in total. The SMILES string of the molecule is C=CCC1CCN(C(CC)c2ccc(OC(F)F)cc2)C(=O)O1.CC.Fc1ccccc1. The predicted molar refractivity (Wildman–Crippen MR) is 120 cm³/mol. The van der Waals surface area contributed by atoms with Crippen LogP contribution in [0.2, 0.25) is 0 Å². The minimum absolute atomic E-state index is 0.103. The van der Waals surface area contributed by atoms with Crippen LogP contribution >= 0.6 is 0 Å². The number of nitrogens with zero attached hydrogens (tertiary/aromatic N) is 1. The van der Waals surface area contributed by atoms with Gasteiger partial charge < -0.3 is 14.4 Å². The Labute approximate surface area is 188 Å². The van der Waals surface area contributed by atoms with Gasteiger partial charge in [-0.2, -0.15) is 8.78 Å². The van der Waals surface area contributed by atoms with Crippen molar-refractivity contribution in [3.63, 3.8) is 0 Å². The van der Waals surface area contributed by atoms with Crippen molar-refractivity contribution in [2.45, 2.75) is 58.8 Å². The van der Waals surface area contributed by atoms with Crippen LogP contribution in [0.25, 0.3) is 0 Å². The number of benzene rings is 2. The van der Waals surface area contributed by atoms with E-state index in [1.165, 1.54) is 24.3 Å². The van der Waals surface area contributed by atoms with E-state index in [1.807, 2.05) is 20.8 Å². The molecule has 2 aromatic carbocycles. The van der Waals surface area contributed by atoms with E-state index in [0.717, 1.165) is 12.0 Å². The van der Waals surface area contributed by atoms with Crippen molar-refractivity contribution in [1.82, 2.24) is 4.90 Å². The van der Waals surface area contributed by atoms with Gasteiger partial charge in [0.1, 0.15) is 17.7 Å². The largest absolute Gasteiger partial charge is 0.446 e. The Hall–Kier alpha value is -2.96. The third-order valence-electron chi connectivity index (χ3n) is 4.61. The van der Waals surface area contributed by atoms with Crippen LogP contribution in [0.5, 0.6) is 5.75 Å². The molecule has 7 heteroatoms. The van der Waals surface area contributed by atoms with Crippen LogP contribution in [0, 0.1) is 5.82 Å². The van der Waals surface area contributed by atoms with Gasteiger partial charge in [0.05, 0.1) is 6.04 Å². The maximum atomic E-state index is 12.2. The van der Waals surface area contributed by atoms with Crippen LogP contribution < -0.4 is 4.74 Å². The fourth-order valence-corrected chi connectivity index (χ4v) is 3.20. The zero-order valence-corrected chi connectivity index (χ0v) is 18.8. The van der Waals surface area contributed by atoms with E-state index < -0.39 is 6.61 Å². The molecule has 0 radical (unpaired) electrons. The lowest BCUT2D eigenvalue weighted by atomic mass is 10.0. The standard InChI is InChI=1S/C17H21F2NO3.C6H5F.C2H6/c1-3-5-13-10-11-20(17(21)23-13)15(4-2)12-6-8-14(9-7-12)22-16(18)19;7-6-4-2-1-3-5-6;1-2/h3,6-9,13,15-16H,1,4-5,10-11H2,2H3;1-5H;1-2H3. The number of carbonyl (C=O) groups is 1. The van der Waals surface area contributed by atoms with Gasteiger partial charge in [0, 0.05) is 19.4 Å². The molecule has 176 valence electrons. The zero-order chi connectivity index (χ0) is 23.9. The highest BCUT2D eigenvalue weighted by Crippen LogP contribution is 2.30. The molecule has 0 saturated carbocycles. The lowest BCUT2D eigenvalue weighted by molar-refractivity contribution is -0.0498. The van der Waals surface area contributed by atoms with Crippen molar-refractivity contribution in [3.8, 4) is 5.75 Å². The summed E-state index contributed by atoms with van der Waals surface area (Å²) in [6, 6.07) is 14.2. The lowest BCUT2D eigenvalue weighted by Crippen LogP contribution is -2.43. The smallest absolute Gasteiger partial charge is 0.410 e. The van der Waals surface area contributed by atoms with E-state index in [2.05, 4.69) is 11.3 Å². The molecule has 1 saturated heterocycles. The van der Waals surface area contributed by atoms with Crippen LogP contribution in [0.4, 0.5) is 18.0 Å². The summed E-state index contributed by atoms with van der Waals surface area (Å²) in [5.74, 6) is -0.0756. The van der Waals surface area contributed by atoms with Crippen LogP contribution in [0.3, 0.4) is 0 Å². The van der Waals surface area contributed by atoms with Crippen LogP contribution in [0.1, 0.15) is 51.6 Å². The molecule has 1 aliphatic heterocycles. The summed E-state index contributed by atoms with van der Waals surface area (Å²) in [4.78, 5) is 13.9. The van der Waals surface area contributed by atoms with E-state index >= 15 is 0 Å². The third kappa shape index (κ3) is 9.04. The van der Waals surface area contributed by atoms with E-state index in [9.17, 15) is 18.0 Å².